The molecule has 1 aromatic heterocycles. The van der Waals surface area contributed by atoms with E-state index in [9.17, 15) is 10.1 Å². The normalized spacial score (nSPS) is 11.3. The van der Waals surface area contributed by atoms with Crippen molar-refractivity contribution < 1.29 is 10.0 Å². The van der Waals surface area contributed by atoms with E-state index in [0.29, 0.717) is 12.1 Å². The Balaban J connectivity index is 3.04. The Kier molecular flexibility index (Phi) is 4.01. The van der Waals surface area contributed by atoms with Gasteiger partial charge in [-0.15, -0.1) is 0 Å². The van der Waals surface area contributed by atoms with Crippen molar-refractivity contribution in [3.05, 3.63) is 27.9 Å². The predicted molar refractivity (Wildman–Crippen MR) is 65.0 cm³/mol. The van der Waals surface area contributed by atoms with Gasteiger partial charge in [0.1, 0.15) is 0 Å². The summed E-state index contributed by atoms with van der Waals surface area (Å²) in [6, 6.07) is 3.03. The smallest absolute Gasteiger partial charge is 0.311 e. The van der Waals surface area contributed by atoms with Crippen LogP contribution in [-0.2, 0) is 0 Å². The lowest BCUT2D eigenvalue weighted by Gasteiger charge is -2.25. The highest BCUT2D eigenvalue weighted by atomic mass is 16.6. The fourth-order valence-corrected chi connectivity index (χ4v) is 1.45. The van der Waals surface area contributed by atoms with E-state index in [1.54, 1.807) is 13.0 Å². The zero-order valence-corrected chi connectivity index (χ0v) is 10.2. The first-order chi connectivity index (χ1) is 7.85. The first kappa shape index (κ1) is 13.4. The zero-order valence-electron chi connectivity index (χ0n) is 10.2. The van der Waals surface area contributed by atoms with Crippen molar-refractivity contribution in [2.45, 2.75) is 32.7 Å². The summed E-state index contributed by atoms with van der Waals surface area (Å²) < 4.78 is 0. The molecule has 0 amide bonds. The van der Waals surface area contributed by atoms with Crippen LogP contribution in [-0.4, -0.2) is 27.2 Å². The molecule has 0 spiro atoms. The molecule has 0 unspecified atom stereocenters. The minimum absolute atomic E-state index is 0.0135. The van der Waals surface area contributed by atoms with Crippen molar-refractivity contribution in [2.75, 3.05) is 11.9 Å². The second-order valence-corrected chi connectivity index (χ2v) is 4.56. The number of aliphatic hydroxyl groups excluding tert-OH is 1. The summed E-state index contributed by atoms with van der Waals surface area (Å²) in [5.41, 5.74) is 0.208. The number of rotatable bonds is 5. The molecule has 0 radical (unpaired) electrons. The molecule has 1 aromatic rings. The van der Waals surface area contributed by atoms with Crippen LogP contribution in [0.1, 0.15) is 26.0 Å². The van der Waals surface area contributed by atoms with Gasteiger partial charge in [0.25, 0.3) is 0 Å². The molecule has 0 fully saturated rings. The third-order valence-corrected chi connectivity index (χ3v) is 2.40. The molecular formula is C11H17N3O3. The second-order valence-electron chi connectivity index (χ2n) is 4.56. The van der Waals surface area contributed by atoms with Crippen molar-refractivity contribution in [3.8, 4) is 0 Å². The topological polar surface area (TPSA) is 88.3 Å². The Morgan fingerprint density at radius 2 is 2.18 bits per heavy atom. The molecule has 0 saturated heterocycles. The minimum Gasteiger partial charge on any atom is -0.396 e. The maximum Gasteiger partial charge on any atom is 0.311 e. The Bertz CT molecular complexity index is 418. The molecular weight excluding hydrogens is 222 g/mol. The van der Waals surface area contributed by atoms with Crippen molar-refractivity contribution in [2.24, 2.45) is 0 Å². The fraction of sp³-hybridized carbons (Fsp3) is 0.545. The van der Waals surface area contributed by atoms with Gasteiger partial charge in [-0.2, -0.15) is 0 Å². The van der Waals surface area contributed by atoms with Gasteiger partial charge in [-0.25, -0.2) is 4.98 Å². The highest BCUT2D eigenvalue weighted by Crippen LogP contribution is 2.26. The van der Waals surface area contributed by atoms with Gasteiger partial charge in [-0.05, 0) is 33.3 Å². The lowest BCUT2D eigenvalue weighted by atomic mass is 10.0. The van der Waals surface area contributed by atoms with Crippen LogP contribution in [0.25, 0.3) is 0 Å². The number of hydrogen-bond acceptors (Lipinski definition) is 5. The minimum atomic E-state index is -0.468. The SMILES string of the molecule is Cc1ccc([N+](=O)[O-])c(NC(C)(C)CCO)n1. The highest BCUT2D eigenvalue weighted by Gasteiger charge is 2.23. The zero-order chi connectivity index (χ0) is 13.1. The molecule has 0 aliphatic heterocycles. The van der Waals surface area contributed by atoms with Gasteiger partial charge in [-0.1, -0.05) is 0 Å². The van der Waals surface area contributed by atoms with Crippen LogP contribution < -0.4 is 5.32 Å². The Hall–Kier alpha value is -1.69. The van der Waals surface area contributed by atoms with E-state index >= 15 is 0 Å². The van der Waals surface area contributed by atoms with Crippen molar-refractivity contribution in [1.82, 2.24) is 4.98 Å². The molecule has 94 valence electrons. The maximum absolute atomic E-state index is 10.9. The Labute approximate surface area is 99.8 Å². The number of nitrogens with one attached hydrogen (secondary N) is 1. The molecule has 1 rings (SSSR count). The first-order valence-corrected chi connectivity index (χ1v) is 5.37. The largest absolute Gasteiger partial charge is 0.396 e. The molecule has 0 aromatic carbocycles. The van der Waals surface area contributed by atoms with Crippen molar-refractivity contribution >= 4 is 11.5 Å². The van der Waals surface area contributed by atoms with Crippen molar-refractivity contribution in [3.63, 3.8) is 0 Å². The fourth-order valence-electron chi connectivity index (χ4n) is 1.45. The number of hydrogen-bond donors (Lipinski definition) is 2. The number of aromatic nitrogens is 1. The van der Waals surface area contributed by atoms with E-state index in [4.69, 9.17) is 5.11 Å². The molecule has 0 saturated carbocycles. The first-order valence-electron chi connectivity index (χ1n) is 5.37. The molecule has 1 heterocycles. The summed E-state index contributed by atoms with van der Waals surface area (Å²) in [7, 11) is 0. The summed E-state index contributed by atoms with van der Waals surface area (Å²) in [6.07, 6.45) is 0.486. The molecule has 0 aliphatic rings. The van der Waals surface area contributed by atoms with Crippen LogP contribution >= 0.6 is 0 Å². The monoisotopic (exact) mass is 239 g/mol. The van der Waals surface area contributed by atoms with Crippen LogP contribution in [0.15, 0.2) is 12.1 Å². The molecule has 0 bridgehead atoms. The summed E-state index contributed by atoms with van der Waals surface area (Å²) in [4.78, 5) is 14.5. The molecule has 6 nitrogen and oxygen atoms in total. The Morgan fingerprint density at radius 1 is 1.53 bits per heavy atom. The van der Waals surface area contributed by atoms with Crippen molar-refractivity contribution in [1.29, 1.82) is 0 Å². The van der Waals surface area contributed by atoms with E-state index in [0.717, 1.165) is 0 Å². The number of nitrogens with zero attached hydrogens (tertiary/aromatic N) is 2. The molecule has 6 heteroatoms. The number of anilines is 1. The summed E-state index contributed by atoms with van der Waals surface area (Å²) in [5.74, 6) is 0.244. The number of nitro groups is 1. The lowest BCUT2D eigenvalue weighted by Crippen LogP contribution is -2.32. The predicted octanol–water partition coefficient (Wildman–Crippen LogP) is 1.87. The van der Waals surface area contributed by atoms with Crippen LogP contribution in [0.3, 0.4) is 0 Å². The van der Waals surface area contributed by atoms with Gasteiger partial charge in [0.05, 0.1) is 4.92 Å². The summed E-state index contributed by atoms with van der Waals surface area (Å²) in [5, 5.41) is 22.8. The van der Waals surface area contributed by atoms with Gasteiger partial charge in [-0.3, -0.25) is 10.1 Å². The van der Waals surface area contributed by atoms with Crippen LogP contribution in [0.4, 0.5) is 11.5 Å². The lowest BCUT2D eigenvalue weighted by molar-refractivity contribution is -0.384. The molecule has 2 N–H and O–H groups in total. The summed E-state index contributed by atoms with van der Waals surface area (Å²) >= 11 is 0. The van der Waals surface area contributed by atoms with Crippen LogP contribution in [0, 0.1) is 17.0 Å². The van der Waals surface area contributed by atoms with Gasteiger partial charge in [0.2, 0.25) is 5.82 Å². The van der Waals surface area contributed by atoms with E-state index in [1.807, 2.05) is 13.8 Å². The number of pyridine rings is 1. The van der Waals surface area contributed by atoms with E-state index in [2.05, 4.69) is 10.3 Å². The molecule has 0 aliphatic carbocycles. The number of aryl methyl sites for hydroxylation is 1. The van der Waals surface area contributed by atoms with Crippen LogP contribution in [0.5, 0.6) is 0 Å². The van der Waals surface area contributed by atoms with Crippen LogP contribution in [0.2, 0.25) is 0 Å². The third kappa shape index (κ3) is 3.67. The van der Waals surface area contributed by atoms with Gasteiger partial charge < -0.3 is 10.4 Å². The van der Waals surface area contributed by atoms with E-state index in [1.165, 1.54) is 6.07 Å². The van der Waals surface area contributed by atoms with E-state index < -0.39 is 10.5 Å². The maximum atomic E-state index is 10.9. The highest BCUT2D eigenvalue weighted by molar-refractivity contribution is 5.57. The quantitative estimate of drug-likeness (QED) is 0.605. The average Bonchev–Trinajstić information content (AvgIpc) is 2.15. The van der Waals surface area contributed by atoms with E-state index in [-0.39, 0.29) is 18.1 Å². The second kappa shape index (κ2) is 5.09. The Morgan fingerprint density at radius 3 is 2.71 bits per heavy atom. The third-order valence-electron chi connectivity index (χ3n) is 2.40. The average molecular weight is 239 g/mol. The van der Waals surface area contributed by atoms with Gasteiger partial charge in [0, 0.05) is 23.9 Å². The molecule has 17 heavy (non-hydrogen) atoms. The standard InChI is InChI=1S/C11H17N3O3/c1-8-4-5-9(14(16)17)10(12-8)13-11(2,3)6-7-15/h4-5,15H,6-7H2,1-3H3,(H,12,13). The number of aliphatic hydroxyl groups is 1. The summed E-state index contributed by atoms with van der Waals surface area (Å²) in [6.45, 7) is 5.50. The molecule has 0 atom stereocenters. The van der Waals surface area contributed by atoms with Gasteiger partial charge in [0.15, 0.2) is 0 Å². The van der Waals surface area contributed by atoms with Gasteiger partial charge >= 0.3 is 5.69 Å².